The lowest BCUT2D eigenvalue weighted by Gasteiger charge is -2.26. The van der Waals surface area contributed by atoms with Crippen molar-refractivity contribution >= 4 is 0 Å². The molecule has 0 heterocycles. The second-order valence-electron chi connectivity index (χ2n) is 5.32. The minimum atomic E-state index is 0.249. The monoisotopic (exact) mass is 213 g/mol. The summed E-state index contributed by atoms with van der Waals surface area (Å²) >= 11 is 0. The first-order valence-corrected chi connectivity index (χ1v) is 6.51. The van der Waals surface area contributed by atoms with Crippen LogP contribution in [0.2, 0.25) is 0 Å². The Balaban J connectivity index is 2.27. The van der Waals surface area contributed by atoms with Gasteiger partial charge in [-0.3, -0.25) is 0 Å². The van der Waals surface area contributed by atoms with Gasteiger partial charge in [-0.1, -0.05) is 27.2 Å². The third kappa shape index (κ3) is 3.76. The summed E-state index contributed by atoms with van der Waals surface area (Å²) in [5.74, 6) is 0.759. The van der Waals surface area contributed by atoms with Gasteiger partial charge in [0.25, 0.3) is 0 Å². The molecule has 1 saturated carbocycles. The van der Waals surface area contributed by atoms with Crippen LogP contribution < -0.4 is 5.32 Å². The van der Waals surface area contributed by atoms with E-state index >= 15 is 0 Å². The molecule has 2 atom stereocenters. The van der Waals surface area contributed by atoms with Gasteiger partial charge in [0.05, 0.1) is 0 Å². The average Bonchev–Trinajstić information content (AvgIpc) is 3.00. The van der Waals surface area contributed by atoms with Crippen LogP contribution in [-0.4, -0.2) is 24.3 Å². The summed E-state index contributed by atoms with van der Waals surface area (Å²) in [5.41, 5.74) is 0.249. The lowest BCUT2D eigenvalue weighted by atomic mass is 9.94. The van der Waals surface area contributed by atoms with Gasteiger partial charge in [0, 0.05) is 24.6 Å². The lowest BCUT2D eigenvalue weighted by Crippen LogP contribution is -2.39. The minimum absolute atomic E-state index is 0.249. The molecule has 2 N–H and O–H groups in total. The molecular formula is C13H27NO. The molecule has 1 aliphatic carbocycles. The molecule has 15 heavy (non-hydrogen) atoms. The summed E-state index contributed by atoms with van der Waals surface area (Å²) < 4.78 is 0. The Morgan fingerprint density at radius 1 is 1.33 bits per heavy atom. The molecular weight excluding hydrogens is 186 g/mol. The van der Waals surface area contributed by atoms with Crippen molar-refractivity contribution in [2.75, 3.05) is 13.2 Å². The van der Waals surface area contributed by atoms with Crippen molar-refractivity contribution in [2.45, 2.75) is 58.9 Å². The largest absolute Gasteiger partial charge is 0.396 e. The van der Waals surface area contributed by atoms with Gasteiger partial charge in [0.2, 0.25) is 0 Å². The summed E-state index contributed by atoms with van der Waals surface area (Å²) in [6.07, 6.45) is 6.18. The van der Waals surface area contributed by atoms with Crippen LogP contribution in [0.5, 0.6) is 0 Å². The van der Waals surface area contributed by atoms with Crippen LogP contribution in [0.25, 0.3) is 0 Å². The van der Waals surface area contributed by atoms with E-state index in [2.05, 4.69) is 26.1 Å². The molecule has 1 fully saturated rings. The van der Waals surface area contributed by atoms with Crippen LogP contribution in [0, 0.1) is 11.3 Å². The Labute approximate surface area is 94.5 Å². The fourth-order valence-electron chi connectivity index (χ4n) is 2.32. The number of hydrogen-bond acceptors (Lipinski definition) is 2. The van der Waals surface area contributed by atoms with Crippen molar-refractivity contribution in [1.82, 2.24) is 5.32 Å². The second-order valence-corrected chi connectivity index (χ2v) is 5.32. The number of rotatable bonds is 8. The fourth-order valence-corrected chi connectivity index (χ4v) is 2.32. The highest BCUT2D eigenvalue weighted by Crippen LogP contribution is 2.44. The predicted octanol–water partition coefficient (Wildman–Crippen LogP) is 2.56. The Morgan fingerprint density at radius 2 is 2.00 bits per heavy atom. The van der Waals surface area contributed by atoms with Gasteiger partial charge in [-0.15, -0.1) is 0 Å². The minimum Gasteiger partial charge on any atom is -0.396 e. The van der Waals surface area contributed by atoms with E-state index in [-0.39, 0.29) is 5.41 Å². The van der Waals surface area contributed by atoms with Crippen molar-refractivity contribution in [3.05, 3.63) is 0 Å². The molecule has 0 amide bonds. The number of hydrogen-bond donors (Lipinski definition) is 2. The smallest absolute Gasteiger partial charge is 0.0499 e. The summed E-state index contributed by atoms with van der Waals surface area (Å²) in [6.45, 7) is 8.21. The van der Waals surface area contributed by atoms with Crippen LogP contribution in [0.15, 0.2) is 0 Å². The Hall–Kier alpha value is -0.0800. The van der Waals surface area contributed by atoms with Crippen molar-refractivity contribution in [1.29, 1.82) is 0 Å². The molecule has 2 unspecified atom stereocenters. The molecule has 0 saturated heterocycles. The molecule has 0 spiro atoms. The van der Waals surface area contributed by atoms with E-state index in [1.807, 2.05) is 0 Å². The fraction of sp³-hybridized carbons (Fsp3) is 1.00. The third-order valence-corrected chi connectivity index (χ3v) is 3.90. The van der Waals surface area contributed by atoms with E-state index in [0.717, 1.165) is 12.5 Å². The van der Waals surface area contributed by atoms with E-state index in [1.165, 1.54) is 32.1 Å². The lowest BCUT2D eigenvalue weighted by molar-refractivity contribution is 0.197. The Kier molecular flexibility index (Phi) is 5.07. The second kappa shape index (κ2) is 5.86. The summed E-state index contributed by atoms with van der Waals surface area (Å²) in [4.78, 5) is 0. The van der Waals surface area contributed by atoms with Gasteiger partial charge in [0.1, 0.15) is 0 Å². The number of aliphatic hydroxyl groups is 1. The molecule has 0 aromatic carbocycles. The molecule has 0 aromatic rings. The van der Waals surface area contributed by atoms with Crippen molar-refractivity contribution in [2.24, 2.45) is 11.3 Å². The zero-order chi connectivity index (χ0) is 11.3. The maximum atomic E-state index is 9.24. The highest BCUT2D eigenvalue weighted by Gasteiger charge is 2.41. The van der Waals surface area contributed by atoms with Crippen molar-refractivity contribution in [3.63, 3.8) is 0 Å². The predicted molar refractivity (Wildman–Crippen MR) is 64.9 cm³/mol. The van der Waals surface area contributed by atoms with Gasteiger partial charge in [-0.25, -0.2) is 0 Å². The van der Waals surface area contributed by atoms with Crippen LogP contribution in [0.3, 0.4) is 0 Å². The zero-order valence-corrected chi connectivity index (χ0v) is 10.6. The molecule has 2 nitrogen and oxygen atoms in total. The van der Waals surface area contributed by atoms with Gasteiger partial charge in [-0.05, 0) is 31.6 Å². The van der Waals surface area contributed by atoms with E-state index in [4.69, 9.17) is 0 Å². The van der Waals surface area contributed by atoms with Gasteiger partial charge in [0.15, 0.2) is 0 Å². The van der Waals surface area contributed by atoms with E-state index in [9.17, 15) is 5.11 Å². The zero-order valence-electron chi connectivity index (χ0n) is 10.6. The summed E-state index contributed by atoms with van der Waals surface area (Å²) in [7, 11) is 0. The SMILES string of the molecule is CCCC(C)C(CC)NCC1(CO)CC1. The highest BCUT2D eigenvalue weighted by molar-refractivity contribution is 4.95. The molecule has 0 bridgehead atoms. The third-order valence-electron chi connectivity index (χ3n) is 3.90. The quantitative estimate of drug-likeness (QED) is 0.649. The standard InChI is InChI=1S/C13H27NO/c1-4-6-11(3)12(5-2)14-9-13(10-15)7-8-13/h11-12,14-15H,4-10H2,1-3H3. The summed E-state index contributed by atoms with van der Waals surface area (Å²) in [5, 5.41) is 12.9. The van der Waals surface area contributed by atoms with Crippen LogP contribution in [0.4, 0.5) is 0 Å². The molecule has 2 heteroatoms. The normalized spacial score (nSPS) is 22.4. The molecule has 90 valence electrons. The average molecular weight is 213 g/mol. The Bertz CT molecular complexity index is 177. The van der Waals surface area contributed by atoms with Gasteiger partial charge >= 0.3 is 0 Å². The topological polar surface area (TPSA) is 32.3 Å². The van der Waals surface area contributed by atoms with Crippen molar-refractivity contribution in [3.8, 4) is 0 Å². The highest BCUT2D eigenvalue weighted by atomic mass is 16.3. The maximum absolute atomic E-state index is 9.24. The molecule has 1 aliphatic rings. The van der Waals surface area contributed by atoms with Crippen LogP contribution in [-0.2, 0) is 0 Å². The molecule has 0 aromatic heterocycles. The first-order chi connectivity index (χ1) is 7.17. The number of aliphatic hydroxyl groups excluding tert-OH is 1. The Morgan fingerprint density at radius 3 is 2.40 bits per heavy atom. The molecule has 0 aliphatic heterocycles. The molecule has 1 rings (SSSR count). The summed E-state index contributed by atoms with van der Waals surface area (Å²) in [6, 6.07) is 0.633. The van der Waals surface area contributed by atoms with E-state index in [1.54, 1.807) is 0 Å². The first-order valence-electron chi connectivity index (χ1n) is 6.51. The maximum Gasteiger partial charge on any atom is 0.0499 e. The van der Waals surface area contributed by atoms with Crippen molar-refractivity contribution < 1.29 is 5.11 Å². The number of nitrogens with one attached hydrogen (secondary N) is 1. The van der Waals surface area contributed by atoms with Gasteiger partial charge < -0.3 is 10.4 Å². The van der Waals surface area contributed by atoms with E-state index < -0.39 is 0 Å². The van der Waals surface area contributed by atoms with Gasteiger partial charge in [-0.2, -0.15) is 0 Å². The van der Waals surface area contributed by atoms with Crippen LogP contribution >= 0.6 is 0 Å². The first kappa shape index (κ1) is 13.0. The van der Waals surface area contributed by atoms with E-state index in [0.29, 0.717) is 12.6 Å². The molecule has 0 radical (unpaired) electrons. The van der Waals surface area contributed by atoms with Crippen LogP contribution in [0.1, 0.15) is 52.9 Å².